The van der Waals surface area contributed by atoms with Gasteiger partial charge in [-0.15, -0.1) is 0 Å². The summed E-state index contributed by atoms with van der Waals surface area (Å²) in [5, 5.41) is 0. The van der Waals surface area contributed by atoms with Gasteiger partial charge in [0.05, 0.1) is 6.42 Å². The van der Waals surface area contributed by atoms with Crippen LogP contribution in [0.5, 0.6) is 5.75 Å². The van der Waals surface area contributed by atoms with E-state index in [1.54, 1.807) is 0 Å². The fourth-order valence-corrected chi connectivity index (χ4v) is 2.21. The minimum absolute atomic E-state index is 0.143. The van der Waals surface area contributed by atoms with Gasteiger partial charge >= 0.3 is 5.97 Å². The molecule has 0 bridgehead atoms. The Morgan fingerprint density at radius 3 is 2.85 bits per heavy atom. The minimum Gasteiger partial charge on any atom is -0.492 e. The number of hydrogen-bond acceptors (Lipinski definition) is 4. The molecular weight excluding hydrogens is 254 g/mol. The van der Waals surface area contributed by atoms with Crippen LogP contribution in [0.1, 0.15) is 32.8 Å². The van der Waals surface area contributed by atoms with Gasteiger partial charge in [-0.05, 0) is 26.8 Å². The second kappa shape index (κ2) is 6.27. The van der Waals surface area contributed by atoms with Crippen molar-refractivity contribution in [1.82, 2.24) is 4.90 Å². The lowest BCUT2D eigenvalue weighted by Gasteiger charge is -2.22. The van der Waals surface area contributed by atoms with Crippen molar-refractivity contribution in [3.63, 3.8) is 0 Å². The van der Waals surface area contributed by atoms with E-state index >= 15 is 0 Å². The lowest BCUT2D eigenvalue weighted by Crippen LogP contribution is -2.30. The first-order chi connectivity index (χ1) is 9.44. The van der Waals surface area contributed by atoms with E-state index in [4.69, 9.17) is 9.47 Å². The average molecular weight is 277 g/mol. The van der Waals surface area contributed by atoms with Crippen LogP contribution in [-0.2, 0) is 16.1 Å². The molecule has 0 N–H and O–H groups in total. The molecule has 1 aromatic carbocycles. The van der Waals surface area contributed by atoms with Crippen LogP contribution in [0.2, 0.25) is 0 Å². The molecule has 0 saturated carbocycles. The number of para-hydroxylation sites is 1. The van der Waals surface area contributed by atoms with Gasteiger partial charge in [0.2, 0.25) is 0 Å². The summed E-state index contributed by atoms with van der Waals surface area (Å²) in [6.07, 6.45) is 0.416. The molecule has 0 fully saturated rings. The number of rotatable bonds is 3. The van der Waals surface area contributed by atoms with Crippen LogP contribution in [0.3, 0.4) is 0 Å². The van der Waals surface area contributed by atoms with Gasteiger partial charge in [0.25, 0.3) is 0 Å². The highest BCUT2D eigenvalue weighted by Gasteiger charge is 2.19. The molecule has 0 saturated heterocycles. The van der Waals surface area contributed by atoms with Gasteiger partial charge in [-0.2, -0.15) is 0 Å². The number of carbonyl (C=O) groups is 1. The standard InChI is InChI=1S/C16H23NO3/c1-16(2,3)20-15(18)8-9-17-10-11-19-14-7-5-4-6-13(14)12-17/h4-7H,8-12H2,1-3H3. The summed E-state index contributed by atoms with van der Waals surface area (Å²) in [6.45, 7) is 8.68. The number of esters is 1. The SMILES string of the molecule is CC(C)(C)OC(=O)CCN1CCOc2ccccc2C1. The maximum atomic E-state index is 11.8. The van der Waals surface area contributed by atoms with E-state index in [1.807, 2.05) is 39.0 Å². The fraction of sp³-hybridized carbons (Fsp3) is 0.562. The summed E-state index contributed by atoms with van der Waals surface area (Å²) in [7, 11) is 0. The molecule has 0 radical (unpaired) electrons. The zero-order chi connectivity index (χ0) is 14.6. The van der Waals surface area contributed by atoms with E-state index in [0.717, 1.165) is 18.8 Å². The summed E-state index contributed by atoms with van der Waals surface area (Å²) in [6, 6.07) is 8.06. The molecule has 1 aliphatic rings. The smallest absolute Gasteiger partial charge is 0.307 e. The quantitative estimate of drug-likeness (QED) is 0.796. The van der Waals surface area contributed by atoms with E-state index in [1.165, 1.54) is 5.56 Å². The van der Waals surface area contributed by atoms with Gasteiger partial charge in [-0.25, -0.2) is 0 Å². The van der Waals surface area contributed by atoms with E-state index in [2.05, 4.69) is 11.0 Å². The first-order valence-corrected chi connectivity index (χ1v) is 7.09. The van der Waals surface area contributed by atoms with Crippen molar-refractivity contribution in [3.05, 3.63) is 29.8 Å². The summed E-state index contributed by atoms with van der Waals surface area (Å²) >= 11 is 0. The molecule has 0 aliphatic carbocycles. The van der Waals surface area contributed by atoms with Crippen LogP contribution in [0.4, 0.5) is 0 Å². The Labute approximate surface area is 120 Å². The molecule has 0 unspecified atom stereocenters. The third kappa shape index (κ3) is 4.53. The molecule has 110 valence electrons. The van der Waals surface area contributed by atoms with Crippen molar-refractivity contribution >= 4 is 5.97 Å². The van der Waals surface area contributed by atoms with Gasteiger partial charge in [0.1, 0.15) is 18.0 Å². The van der Waals surface area contributed by atoms with Crippen molar-refractivity contribution in [3.8, 4) is 5.75 Å². The van der Waals surface area contributed by atoms with E-state index in [0.29, 0.717) is 19.6 Å². The number of nitrogens with zero attached hydrogens (tertiary/aromatic N) is 1. The number of fused-ring (bicyclic) bond motifs is 1. The van der Waals surface area contributed by atoms with Crippen molar-refractivity contribution in [2.75, 3.05) is 19.7 Å². The fourth-order valence-electron chi connectivity index (χ4n) is 2.21. The highest BCUT2D eigenvalue weighted by molar-refractivity contribution is 5.70. The van der Waals surface area contributed by atoms with Gasteiger partial charge in [-0.1, -0.05) is 18.2 Å². The minimum atomic E-state index is -0.411. The first kappa shape index (κ1) is 14.9. The Hall–Kier alpha value is -1.55. The Bertz CT molecular complexity index is 465. The number of benzene rings is 1. The molecule has 20 heavy (non-hydrogen) atoms. The second-order valence-corrected chi connectivity index (χ2v) is 6.07. The molecule has 0 spiro atoms. The molecule has 1 heterocycles. The topological polar surface area (TPSA) is 38.8 Å². The highest BCUT2D eigenvalue weighted by Crippen LogP contribution is 2.22. The zero-order valence-corrected chi connectivity index (χ0v) is 12.5. The Morgan fingerprint density at radius 2 is 2.10 bits per heavy atom. The number of carbonyl (C=O) groups excluding carboxylic acids is 1. The summed E-state index contributed by atoms with van der Waals surface area (Å²) in [5.41, 5.74) is 0.764. The Balaban J connectivity index is 1.87. The maximum Gasteiger partial charge on any atom is 0.307 e. The van der Waals surface area contributed by atoms with E-state index < -0.39 is 5.60 Å². The molecule has 0 atom stereocenters. The molecule has 2 rings (SSSR count). The number of ether oxygens (including phenoxy) is 2. The molecule has 4 heteroatoms. The van der Waals surface area contributed by atoms with Crippen molar-refractivity contribution < 1.29 is 14.3 Å². The molecule has 0 aromatic heterocycles. The molecule has 4 nitrogen and oxygen atoms in total. The predicted octanol–water partition coefficient (Wildman–Crippen LogP) is 2.61. The van der Waals surface area contributed by atoms with Gasteiger partial charge in [-0.3, -0.25) is 9.69 Å². The zero-order valence-electron chi connectivity index (χ0n) is 12.5. The van der Waals surface area contributed by atoms with Crippen LogP contribution < -0.4 is 4.74 Å². The Kier molecular flexibility index (Phi) is 4.65. The molecule has 1 aliphatic heterocycles. The van der Waals surface area contributed by atoms with Crippen molar-refractivity contribution in [1.29, 1.82) is 0 Å². The van der Waals surface area contributed by atoms with Crippen molar-refractivity contribution in [2.45, 2.75) is 39.3 Å². The van der Waals surface area contributed by atoms with E-state index in [-0.39, 0.29) is 5.97 Å². The van der Waals surface area contributed by atoms with Crippen LogP contribution in [-0.4, -0.2) is 36.2 Å². The molecule has 0 amide bonds. The second-order valence-electron chi connectivity index (χ2n) is 6.07. The molecule has 1 aromatic rings. The Morgan fingerprint density at radius 1 is 1.35 bits per heavy atom. The largest absolute Gasteiger partial charge is 0.492 e. The summed E-state index contributed by atoms with van der Waals surface area (Å²) in [5.74, 6) is 0.809. The molecular formula is C16H23NO3. The lowest BCUT2D eigenvalue weighted by atomic mass is 10.2. The maximum absolute atomic E-state index is 11.8. The highest BCUT2D eigenvalue weighted by atomic mass is 16.6. The lowest BCUT2D eigenvalue weighted by molar-refractivity contribution is -0.155. The van der Waals surface area contributed by atoms with E-state index in [9.17, 15) is 4.79 Å². The monoisotopic (exact) mass is 277 g/mol. The number of hydrogen-bond donors (Lipinski definition) is 0. The van der Waals surface area contributed by atoms with Crippen LogP contribution in [0, 0.1) is 0 Å². The van der Waals surface area contributed by atoms with Crippen LogP contribution >= 0.6 is 0 Å². The van der Waals surface area contributed by atoms with Gasteiger partial charge in [0, 0.05) is 25.2 Å². The average Bonchev–Trinajstić information content (AvgIpc) is 2.56. The normalized spacial score (nSPS) is 15.9. The van der Waals surface area contributed by atoms with Crippen LogP contribution in [0.25, 0.3) is 0 Å². The summed E-state index contributed by atoms with van der Waals surface area (Å²) < 4.78 is 11.0. The summed E-state index contributed by atoms with van der Waals surface area (Å²) in [4.78, 5) is 14.0. The third-order valence-electron chi connectivity index (χ3n) is 3.08. The van der Waals surface area contributed by atoms with Gasteiger partial charge < -0.3 is 9.47 Å². The van der Waals surface area contributed by atoms with Crippen LogP contribution in [0.15, 0.2) is 24.3 Å². The predicted molar refractivity (Wildman–Crippen MR) is 77.7 cm³/mol. The third-order valence-corrected chi connectivity index (χ3v) is 3.08. The first-order valence-electron chi connectivity index (χ1n) is 7.09. The van der Waals surface area contributed by atoms with Gasteiger partial charge in [0.15, 0.2) is 0 Å². The van der Waals surface area contributed by atoms with Crippen molar-refractivity contribution in [2.24, 2.45) is 0 Å².